The number of rotatable bonds is 3. The van der Waals surface area contributed by atoms with Crippen molar-refractivity contribution in [1.29, 1.82) is 0 Å². The summed E-state index contributed by atoms with van der Waals surface area (Å²) in [5.74, 6) is 1.75. The smallest absolute Gasteiger partial charge is 0.253 e. The molecule has 1 aliphatic heterocycles. The molecule has 2 aromatic rings. The van der Waals surface area contributed by atoms with Crippen LogP contribution in [0.5, 0.6) is 0 Å². The van der Waals surface area contributed by atoms with Gasteiger partial charge in [0.05, 0.1) is 0 Å². The van der Waals surface area contributed by atoms with E-state index in [0.717, 1.165) is 35.7 Å². The Morgan fingerprint density at radius 2 is 2.00 bits per heavy atom. The summed E-state index contributed by atoms with van der Waals surface area (Å²) in [5.41, 5.74) is 2.11. The van der Waals surface area contributed by atoms with Crippen LogP contribution in [0.2, 0.25) is 0 Å². The van der Waals surface area contributed by atoms with Crippen molar-refractivity contribution >= 4 is 11.3 Å². The van der Waals surface area contributed by atoms with Crippen LogP contribution in [0.1, 0.15) is 31.6 Å². The number of anilines is 1. The monoisotopic (exact) mass is 310 g/mol. The van der Waals surface area contributed by atoms with Gasteiger partial charge in [-0.3, -0.25) is 9.36 Å². The zero-order valence-corrected chi connectivity index (χ0v) is 13.8. The molecule has 1 unspecified atom stereocenters. The summed E-state index contributed by atoms with van der Waals surface area (Å²) in [4.78, 5) is 18.8. The van der Waals surface area contributed by atoms with Gasteiger partial charge in [-0.1, -0.05) is 18.2 Å². The molecular formula is C18H22N4O. The van der Waals surface area contributed by atoms with Crippen molar-refractivity contribution in [3.63, 3.8) is 0 Å². The van der Waals surface area contributed by atoms with E-state index in [4.69, 9.17) is 0 Å². The summed E-state index contributed by atoms with van der Waals surface area (Å²) in [7, 11) is 4.00. The molecule has 1 aromatic carbocycles. The quantitative estimate of drug-likeness (QED) is 0.947. The number of benzene rings is 1. The molecule has 5 heteroatoms. The average Bonchev–Trinajstić information content (AvgIpc) is 2.54. The molecule has 120 valence electrons. The lowest BCUT2D eigenvalue weighted by atomic mass is 9.99. The third kappa shape index (κ3) is 2.99. The van der Waals surface area contributed by atoms with Crippen molar-refractivity contribution in [1.82, 2.24) is 14.5 Å². The van der Waals surface area contributed by atoms with Gasteiger partial charge in [-0.05, 0) is 31.9 Å². The third-order valence-corrected chi connectivity index (χ3v) is 4.17. The number of allylic oxidation sites excluding steroid dienone is 1. The van der Waals surface area contributed by atoms with Gasteiger partial charge < -0.3 is 10.2 Å². The van der Waals surface area contributed by atoms with E-state index in [1.807, 2.05) is 49.3 Å². The van der Waals surface area contributed by atoms with E-state index < -0.39 is 0 Å². The summed E-state index contributed by atoms with van der Waals surface area (Å²) >= 11 is 0. The van der Waals surface area contributed by atoms with Crippen LogP contribution in [-0.2, 0) is 0 Å². The number of para-hydroxylation sites is 1. The number of hydrogen-bond donors (Lipinski definition) is 1. The highest BCUT2D eigenvalue weighted by Gasteiger charge is 2.25. The molecule has 0 saturated carbocycles. The summed E-state index contributed by atoms with van der Waals surface area (Å²) < 4.78 is 1.80. The van der Waals surface area contributed by atoms with Gasteiger partial charge in [0.15, 0.2) is 0 Å². The second kappa shape index (κ2) is 6.28. The van der Waals surface area contributed by atoms with Crippen LogP contribution in [-0.4, -0.2) is 28.5 Å². The minimum Gasteiger partial charge on any atom is -0.364 e. The highest BCUT2D eigenvalue weighted by atomic mass is 16.1. The molecular weight excluding hydrogens is 288 g/mol. The lowest BCUT2D eigenvalue weighted by Gasteiger charge is -2.30. The first-order valence-electron chi connectivity index (χ1n) is 7.88. The number of hydrogen-bond acceptors (Lipinski definition) is 4. The van der Waals surface area contributed by atoms with Crippen molar-refractivity contribution in [2.24, 2.45) is 0 Å². The van der Waals surface area contributed by atoms with Gasteiger partial charge >= 0.3 is 0 Å². The summed E-state index contributed by atoms with van der Waals surface area (Å²) in [6, 6.07) is 11.8. The van der Waals surface area contributed by atoms with Crippen LogP contribution < -0.4 is 10.9 Å². The Morgan fingerprint density at radius 1 is 1.26 bits per heavy atom. The number of aromatic nitrogens is 2. The maximum Gasteiger partial charge on any atom is 0.253 e. The number of nitrogens with one attached hydrogen (secondary N) is 1. The molecule has 1 aliphatic rings. The normalized spacial score (nSPS) is 19.0. The predicted molar refractivity (Wildman–Crippen MR) is 93.1 cm³/mol. The second-order valence-corrected chi connectivity index (χ2v) is 6.08. The van der Waals surface area contributed by atoms with Gasteiger partial charge in [0, 0.05) is 43.7 Å². The standard InChI is InChI=1S/C18H22N4O/c1-13-9-10-15(17-19-12-11-16(23)22(13)17)18(21(2)3)20-14-7-5-4-6-8-14/h4-8,11-13,20H,9-10H2,1-3H3/b18-15-. The minimum absolute atomic E-state index is 0.0116. The Hall–Kier alpha value is -2.56. The predicted octanol–water partition coefficient (Wildman–Crippen LogP) is 2.94. The summed E-state index contributed by atoms with van der Waals surface area (Å²) in [6.45, 7) is 2.07. The van der Waals surface area contributed by atoms with E-state index >= 15 is 0 Å². The van der Waals surface area contributed by atoms with Gasteiger partial charge in [-0.15, -0.1) is 0 Å². The highest BCUT2D eigenvalue weighted by molar-refractivity contribution is 5.68. The first-order chi connectivity index (χ1) is 11.1. The van der Waals surface area contributed by atoms with E-state index in [1.165, 1.54) is 6.07 Å². The molecule has 3 rings (SSSR count). The Labute approximate surface area is 136 Å². The molecule has 23 heavy (non-hydrogen) atoms. The molecule has 5 nitrogen and oxygen atoms in total. The highest BCUT2D eigenvalue weighted by Crippen LogP contribution is 2.32. The van der Waals surface area contributed by atoms with Gasteiger partial charge in [-0.25, -0.2) is 4.98 Å². The van der Waals surface area contributed by atoms with Crippen LogP contribution >= 0.6 is 0 Å². The van der Waals surface area contributed by atoms with Gasteiger partial charge in [0.1, 0.15) is 11.6 Å². The molecule has 0 radical (unpaired) electrons. The molecule has 0 fully saturated rings. The number of nitrogens with zero attached hydrogens (tertiary/aromatic N) is 3. The molecule has 1 N–H and O–H groups in total. The fraction of sp³-hybridized carbons (Fsp3) is 0.333. The molecule has 0 spiro atoms. The maximum absolute atomic E-state index is 12.2. The Balaban J connectivity index is 2.13. The van der Waals surface area contributed by atoms with E-state index in [-0.39, 0.29) is 11.6 Å². The van der Waals surface area contributed by atoms with Crippen molar-refractivity contribution in [2.45, 2.75) is 25.8 Å². The maximum atomic E-state index is 12.2. The molecule has 0 bridgehead atoms. The topological polar surface area (TPSA) is 50.2 Å². The van der Waals surface area contributed by atoms with E-state index in [1.54, 1.807) is 10.8 Å². The molecule has 0 saturated heterocycles. The Morgan fingerprint density at radius 3 is 2.70 bits per heavy atom. The first kappa shape index (κ1) is 15.3. The van der Waals surface area contributed by atoms with E-state index in [9.17, 15) is 4.79 Å². The van der Waals surface area contributed by atoms with Gasteiger partial charge in [-0.2, -0.15) is 0 Å². The second-order valence-electron chi connectivity index (χ2n) is 6.08. The zero-order valence-electron chi connectivity index (χ0n) is 13.8. The van der Waals surface area contributed by atoms with Crippen LogP contribution in [0.3, 0.4) is 0 Å². The molecule has 0 amide bonds. The summed E-state index contributed by atoms with van der Waals surface area (Å²) in [6.07, 6.45) is 3.43. The minimum atomic E-state index is 0.0116. The summed E-state index contributed by atoms with van der Waals surface area (Å²) in [5, 5.41) is 3.47. The van der Waals surface area contributed by atoms with Crippen LogP contribution in [0.15, 0.2) is 53.2 Å². The van der Waals surface area contributed by atoms with Crippen LogP contribution in [0.25, 0.3) is 5.57 Å². The lowest BCUT2D eigenvalue weighted by molar-refractivity contribution is 0.452. The SMILES string of the molecule is CC1CC/C(=C(\Nc2ccccc2)N(C)C)c2nccc(=O)n21. The molecule has 1 aromatic heterocycles. The van der Waals surface area contributed by atoms with Crippen LogP contribution in [0.4, 0.5) is 5.69 Å². The third-order valence-electron chi connectivity index (χ3n) is 4.17. The van der Waals surface area contributed by atoms with Gasteiger partial charge in [0.25, 0.3) is 5.56 Å². The van der Waals surface area contributed by atoms with Crippen molar-refractivity contribution in [2.75, 3.05) is 19.4 Å². The Bertz CT molecular complexity index is 777. The number of fused-ring (bicyclic) bond motifs is 1. The van der Waals surface area contributed by atoms with Crippen molar-refractivity contribution < 1.29 is 0 Å². The van der Waals surface area contributed by atoms with Crippen molar-refractivity contribution in [3.05, 3.63) is 64.6 Å². The largest absolute Gasteiger partial charge is 0.364 e. The van der Waals surface area contributed by atoms with E-state index in [0.29, 0.717) is 0 Å². The average molecular weight is 310 g/mol. The fourth-order valence-corrected chi connectivity index (χ4v) is 3.00. The Kier molecular flexibility index (Phi) is 4.19. The fourth-order valence-electron chi connectivity index (χ4n) is 3.00. The van der Waals surface area contributed by atoms with Crippen molar-refractivity contribution in [3.8, 4) is 0 Å². The molecule has 0 aliphatic carbocycles. The van der Waals surface area contributed by atoms with Crippen LogP contribution in [0, 0.1) is 0 Å². The van der Waals surface area contributed by atoms with E-state index in [2.05, 4.69) is 17.2 Å². The zero-order chi connectivity index (χ0) is 16.4. The molecule has 1 atom stereocenters. The lowest BCUT2D eigenvalue weighted by Crippen LogP contribution is -2.32. The first-order valence-corrected chi connectivity index (χ1v) is 7.88. The molecule has 2 heterocycles. The van der Waals surface area contributed by atoms with Gasteiger partial charge in [0.2, 0.25) is 0 Å².